The van der Waals surface area contributed by atoms with Crippen LogP contribution in [-0.2, 0) is 4.79 Å². The first-order valence-corrected chi connectivity index (χ1v) is 14.6. The Labute approximate surface area is 234 Å². The van der Waals surface area contributed by atoms with Crippen LogP contribution in [0, 0.1) is 5.82 Å². The number of thiocarbonyl (C=S) groups is 1. The van der Waals surface area contributed by atoms with E-state index < -0.39 is 5.82 Å². The molecular weight excluding hydrogens is 517 g/mol. The van der Waals surface area contributed by atoms with E-state index in [0.29, 0.717) is 33.6 Å². The van der Waals surface area contributed by atoms with E-state index in [2.05, 4.69) is 6.92 Å². The predicted octanol–water partition coefficient (Wildman–Crippen LogP) is 8.03. The number of carbonyl (C=O) groups excluding carboxylic acids is 1. The van der Waals surface area contributed by atoms with Gasteiger partial charge < -0.3 is 4.74 Å². The molecule has 0 radical (unpaired) electrons. The van der Waals surface area contributed by atoms with Crippen molar-refractivity contribution in [1.82, 2.24) is 14.7 Å². The summed E-state index contributed by atoms with van der Waals surface area (Å²) in [5, 5.41) is 4.77. The number of amides is 1. The molecule has 5 nitrogen and oxygen atoms in total. The van der Waals surface area contributed by atoms with Crippen LogP contribution in [0.5, 0.6) is 5.75 Å². The number of para-hydroxylation sites is 1. The van der Waals surface area contributed by atoms with Crippen LogP contribution in [0.3, 0.4) is 0 Å². The highest BCUT2D eigenvalue weighted by Crippen LogP contribution is 2.36. The van der Waals surface area contributed by atoms with Gasteiger partial charge in [0.1, 0.15) is 10.0 Å². The minimum Gasteiger partial charge on any atom is -0.491 e. The molecule has 0 unspecified atom stereocenters. The van der Waals surface area contributed by atoms with Crippen LogP contribution in [-0.4, -0.2) is 38.1 Å². The summed E-state index contributed by atoms with van der Waals surface area (Å²) in [4.78, 5) is 15.5. The van der Waals surface area contributed by atoms with Gasteiger partial charge in [-0.2, -0.15) is 5.10 Å². The molecule has 38 heavy (non-hydrogen) atoms. The third-order valence-electron chi connectivity index (χ3n) is 6.33. The standard InChI is InChI=1S/C30H34FN3O2S2/c1-3-5-6-7-8-12-17-33-29(35)27(38-30(33)37)20-23-21-34(24-13-10-9-11-14-24)32-28(23)22-15-16-26(25(31)19-22)36-18-4-2/h9-11,13-16,19-21H,3-8,12,17-18H2,1-2H3. The van der Waals surface area contributed by atoms with Gasteiger partial charge in [-0.05, 0) is 49.2 Å². The van der Waals surface area contributed by atoms with Crippen LogP contribution >= 0.6 is 24.0 Å². The Balaban J connectivity index is 1.60. The number of aromatic nitrogens is 2. The highest BCUT2D eigenvalue weighted by atomic mass is 32.2. The average molecular weight is 552 g/mol. The number of nitrogens with zero attached hydrogens (tertiary/aromatic N) is 3. The van der Waals surface area contributed by atoms with Crippen LogP contribution in [0.25, 0.3) is 23.0 Å². The van der Waals surface area contributed by atoms with Gasteiger partial charge in [0.15, 0.2) is 11.6 Å². The van der Waals surface area contributed by atoms with Crippen LogP contribution in [0.2, 0.25) is 0 Å². The largest absolute Gasteiger partial charge is 0.491 e. The predicted molar refractivity (Wildman–Crippen MR) is 158 cm³/mol. The van der Waals surface area contributed by atoms with Crippen LogP contribution in [0.4, 0.5) is 4.39 Å². The van der Waals surface area contributed by atoms with Crippen molar-refractivity contribution in [3.63, 3.8) is 0 Å². The van der Waals surface area contributed by atoms with Gasteiger partial charge in [0.2, 0.25) is 0 Å². The molecule has 1 saturated heterocycles. The fourth-order valence-electron chi connectivity index (χ4n) is 4.29. The zero-order valence-electron chi connectivity index (χ0n) is 22.0. The molecule has 2 aromatic carbocycles. The van der Waals surface area contributed by atoms with Crippen LogP contribution in [0.1, 0.15) is 64.4 Å². The average Bonchev–Trinajstić information content (AvgIpc) is 3.46. The highest BCUT2D eigenvalue weighted by molar-refractivity contribution is 8.26. The number of halogens is 1. The van der Waals surface area contributed by atoms with Gasteiger partial charge in [-0.1, -0.05) is 88.1 Å². The Morgan fingerprint density at radius 1 is 1.03 bits per heavy atom. The molecule has 4 rings (SSSR count). The summed E-state index contributed by atoms with van der Waals surface area (Å²) in [5.41, 5.74) is 2.77. The summed E-state index contributed by atoms with van der Waals surface area (Å²) in [6.07, 6.45) is 11.4. The summed E-state index contributed by atoms with van der Waals surface area (Å²) in [6.45, 7) is 5.26. The molecular formula is C30H34FN3O2S2. The van der Waals surface area contributed by atoms with E-state index in [-0.39, 0.29) is 11.7 Å². The molecule has 0 atom stereocenters. The number of benzene rings is 2. The van der Waals surface area contributed by atoms with E-state index in [4.69, 9.17) is 22.1 Å². The van der Waals surface area contributed by atoms with Crippen molar-refractivity contribution >= 4 is 40.3 Å². The van der Waals surface area contributed by atoms with Crippen molar-refractivity contribution < 1.29 is 13.9 Å². The molecule has 0 aliphatic carbocycles. The van der Waals surface area contributed by atoms with Gasteiger partial charge in [-0.15, -0.1) is 0 Å². The molecule has 1 amide bonds. The van der Waals surface area contributed by atoms with Crippen molar-refractivity contribution in [2.45, 2.75) is 58.8 Å². The molecule has 1 aliphatic heterocycles. The third kappa shape index (κ3) is 6.91. The van der Waals surface area contributed by atoms with Crippen molar-refractivity contribution in [2.75, 3.05) is 13.2 Å². The molecule has 1 aliphatic rings. The van der Waals surface area contributed by atoms with Gasteiger partial charge in [-0.25, -0.2) is 9.07 Å². The number of ether oxygens (including phenoxy) is 1. The van der Waals surface area contributed by atoms with Gasteiger partial charge in [0, 0.05) is 23.9 Å². The Morgan fingerprint density at radius 3 is 2.53 bits per heavy atom. The number of hydrogen-bond acceptors (Lipinski definition) is 5. The molecule has 0 saturated carbocycles. The lowest BCUT2D eigenvalue weighted by Crippen LogP contribution is -2.29. The molecule has 200 valence electrons. The van der Waals surface area contributed by atoms with Crippen molar-refractivity contribution in [1.29, 1.82) is 0 Å². The summed E-state index contributed by atoms with van der Waals surface area (Å²) in [6, 6.07) is 14.6. The Bertz CT molecular complexity index is 1290. The first kappa shape index (κ1) is 28.0. The van der Waals surface area contributed by atoms with Crippen molar-refractivity contribution in [2.24, 2.45) is 0 Å². The number of hydrogen-bond donors (Lipinski definition) is 0. The molecule has 0 N–H and O–H groups in total. The second kappa shape index (κ2) is 13.7. The number of rotatable bonds is 13. The number of thioether (sulfide) groups is 1. The molecule has 0 spiro atoms. The molecule has 8 heteroatoms. The summed E-state index contributed by atoms with van der Waals surface area (Å²) < 4.78 is 22.7. The maximum absolute atomic E-state index is 14.8. The minimum atomic E-state index is -0.443. The van der Waals surface area contributed by atoms with Crippen molar-refractivity contribution in [3.8, 4) is 22.7 Å². The summed E-state index contributed by atoms with van der Waals surface area (Å²) in [7, 11) is 0. The lowest BCUT2D eigenvalue weighted by atomic mass is 10.1. The highest BCUT2D eigenvalue weighted by Gasteiger charge is 2.32. The first-order valence-electron chi connectivity index (χ1n) is 13.3. The molecule has 0 bridgehead atoms. The fraction of sp³-hybridized carbons (Fsp3) is 0.367. The van der Waals surface area contributed by atoms with E-state index in [1.54, 1.807) is 21.7 Å². The maximum Gasteiger partial charge on any atom is 0.266 e. The van der Waals surface area contributed by atoms with Crippen LogP contribution in [0.15, 0.2) is 59.6 Å². The zero-order valence-corrected chi connectivity index (χ0v) is 23.6. The van der Waals surface area contributed by atoms with Crippen molar-refractivity contribution in [3.05, 3.63) is 71.0 Å². The second-order valence-corrected chi connectivity index (χ2v) is 11.0. The fourth-order valence-corrected chi connectivity index (χ4v) is 5.59. The summed E-state index contributed by atoms with van der Waals surface area (Å²) in [5.74, 6) is -0.307. The van der Waals surface area contributed by atoms with Gasteiger partial charge >= 0.3 is 0 Å². The van der Waals surface area contributed by atoms with E-state index in [1.807, 2.05) is 49.5 Å². The number of carbonyl (C=O) groups is 1. The molecule has 1 aromatic heterocycles. The van der Waals surface area contributed by atoms with E-state index in [1.165, 1.54) is 43.5 Å². The van der Waals surface area contributed by atoms with Gasteiger partial charge in [-0.3, -0.25) is 9.69 Å². The lowest BCUT2D eigenvalue weighted by Gasteiger charge is -2.14. The van der Waals surface area contributed by atoms with Crippen LogP contribution < -0.4 is 4.74 Å². The van der Waals surface area contributed by atoms with E-state index in [9.17, 15) is 9.18 Å². The summed E-state index contributed by atoms with van der Waals surface area (Å²) >= 11 is 6.86. The minimum absolute atomic E-state index is 0.0820. The normalized spacial score (nSPS) is 14.6. The van der Waals surface area contributed by atoms with E-state index in [0.717, 1.165) is 30.5 Å². The molecule has 3 aromatic rings. The quantitative estimate of drug-likeness (QED) is 0.122. The van der Waals surface area contributed by atoms with E-state index >= 15 is 0 Å². The number of unbranched alkanes of at least 4 members (excludes halogenated alkanes) is 5. The SMILES string of the molecule is CCCCCCCCN1C(=O)C(=Cc2cn(-c3ccccc3)nc2-c2ccc(OCCC)c(F)c2)SC1=S. The smallest absolute Gasteiger partial charge is 0.266 e. The Morgan fingerprint density at radius 2 is 1.79 bits per heavy atom. The molecule has 2 heterocycles. The second-order valence-electron chi connectivity index (χ2n) is 9.31. The Kier molecular flexibility index (Phi) is 10.1. The molecule has 1 fully saturated rings. The first-order chi connectivity index (χ1) is 18.5. The third-order valence-corrected chi connectivity index (χ3v) is 7.70. The maximum atomic E-state index is 14.8. The van der Waals surface area contributed by atoms with Gasteiger partial charge in [0.25, 0.3) is 5.91 Å². The lowest BCUT2D eigenvalue weighted by molar-refractivity contribution is -0.122. The monoisotopic (exact) mass is 551 g/mol. The van der Waals surface area contributed by atoms with Gasteiger partial charge in [0.05, 0.1) is 17.2 Å². The Hall–Kier alpha value is -2.97. The topological polar surface area (TPSA) is 47.4 Å². The zero-order chi connectivity index (χ0) is 26.9.